The van der Waals surface area contributed by atoms with Crippen LogP contribution >= 0.6 is 0 Å². The highest BCUT2D eigenvalue weighted by Crippen LogP contribution is 2.21. The van der Waals surface area contributed by atoms with Crippen molar-refractivity contribution in [1.29, 1.82) is 0 Å². The molecule has 0 radical (unpaired) electrons. The van der Waals surface area contributed by atoms with Gasteiger partial charge < -0.3 is 4.90 Å². The van der Waals surface area contributed by atoms with Crippen LogP contribution in [0.25, 0.3) is 0 Å². The summed E-state index contributed by atoms with van der Waals surface area (Å²) in [5.41, 5.74) is -3.66. The molecule has 0 unspecified atom stereocenters. The third kappa shape index (κ3) is 3.52. The van der Waals surface area contributed by atoms with E-state index in [9.17, 15) is 43.9 Å². The van der Waals surface area contributed by atoms with Crippen molar-refractivity contribution in [3.05, 3.63) is 82.4 Å². The maximum absolute atomic E-state index is 14.7. The zero-order valence-electron chi connectivity index (χ0n) is 16.3. The largest absolute Gasteiger partial charge is 0.310 e. The Labute approximate surface area is 175 Å². The summed E-state index contributed by atoms with van der Waals surface area (Å²) < 4.78 is 142. The summed E-state index contributed by atoms with van der Waals surface area (Å²) in [5, 5.41) is 0. The quantitative estimate of drug-likeness (QED) is 0.260. The number of hydrogen-bond donors (Lipinski definition) is 1. The zero-order chi connectivity index (χ0) is 24.1. The van der Waals surface area contributed by atoms with E-state index in [4.69, 9.17) is 0 Å². The lowest BCUT2D eigenvalue weighted by Crippen LogP contribution is -3.01. The molecule has 3 rings (SSSR count). The van der Waals surface area contributed by atoms with Crippen LogP contribution in [0.1, 0.15) is 0 Å². The van der Waals surface area contributed by atoms with E-state index in [1.54, 1.807) is 0 Å². The molecule has 0 heterocycles. The van der Waals surface area contributed by atoms with Gasteiger partial charge in [-0.2, -0.15) is 0 Å². The predicted molar refractivity (Wildman–Crippen MR) is 97.4 cm³/mol. The third-order valence-electron chi connectivity index (χ3n) is 5.25. The molecule has 0 aliphatic heterocycles. The van der Waals surface area contributed by atoms with Crippen molar-refractivity contribution < 1.29 is 48.8 Å². The first-order chi connectivity index (χ1) is 14.9. The summed E-state index contributed by atoms with van der Waals surface area (Å²) in [6, 6.07) is 4.99. The van der Waals surface area contributed by atoms with Gasteiger partial charge in [0.15, 0.2) is 34.9 Å². The van der Waals surface area contributed by atoms with Gasteiger partial charge in [0.1, 0.15) is 23.3 Å². The Hall–Kier alpha value is -3.02. The zero-order valence-corrected chi connectivity index (χ0v) is 16.3. The molecular weight excluding hydrogens is 455 g/mol. The fraction of sp³-hybridized carbons (Fsp3) is 0.100. The maximum atomic E-state index is 14.7. The number of benzene rings is 3. The molecule has 0 fully saturated rings. The van der Waals surface area contributed by atoms with Gasteiger partial charge in [0.2, 0.25) is 0 Å². The number of nitrogens with one attached hydrogen (secondary N) is 1. The van der Waals surface area contributed by atoms with Gasteiger partial charge in [-0.25, -0.2) is 43.9 Å². The van der Waals surface area contributed by atoms with Gasteiger partial charge in [-0.15, -0.1) is 16.4 Å². The monoisotopic (exact) mass is 467 g/mol. The summed E-state index contributed by atoms with van der Waals surface area (Å²) in [5.74, 6) is -24.5. The topological polar surface area (TPSA) is 4.44 Å². The van der Waals surface area contributed by atoms with E-state index in [0.29, 0.717) is 4.90 Å². The SMILES string of the molecule is C[NH+](C)c1ccccc1[BH-](c1c(F)c(F)c(F)c(F)c1F)c1c(F)c(F)c(F)c(F)c1F. The number of para-hydroxylation sites is 1. The maximum Gasteiger partial charge on any atom is 0.200 e. The second-order valence-electron chi connectivity index (χ2n) is 7.28. The van der Waals surface area contributed by atoms with Crippen molar-refractivity contribution in [2.75, 3.05) is 14.1 Å². The fourth-order valence-electron chi connectivity index (χ4n) is 3.80. The highest BCUT2D eigenvalue weighted by molar-refractivity contribution is 6.96. The molecule has 0 aromatic heterocycles. The van der Waals surface area contributed by atoms with Crippen molar-refractivity contribution >= 4 is 28.8 Å². The van der Waals surface area contributed by atoms with Crippen molar-refractivity contribution in [2.45, 2.75) is 0 Å². The second kappa shape index (κ2) is 8.49. The molecule has 0 bridgehead atoms. The van der Waals surface area contributed by atoms with E-state index in [1.807, 2.05) is 0 Å². The summed E-state index contributed by atoms with van der Waals surface area (Å²) in [7, 11) is 2.93. The lowest BCUT2D eigenvalue weighted by Gasteiger charge is -2.30. The molecule has 0 aliphatic rings. The average Bonchev–Trinajstić information content (AvgIpc) is 2.77. The molecule has 0 saturated heterocycles. The summed E-state index contributed by atoms with van der Waals surface area (Å²) in [6.45, 7) is -3.75. The van der Waals surface area contributed by atoms with Gasteiger partial charge in [0.25, 0.3) is 0 Å². The first kappa shape index (κ1) is 23.6. The molecule has 1 nitrogen and oxygen atoms in total. The number of halogens is 10. The lowest BCUT2D eigenvalue weighted by molar-refractivity contribution is -0.785. The van der Waals surface area contributed by atoms with Gasteiger partial charge in [0.05, 0.1) is 26.5 Å². The first-order valence-electron chi connectivity index (χ1n) is 9.03. The lowest BCUT2D eigenvalue weighted by atomic mass is 9.35. The number of hydrogen-bond acceptors (Lipinski definition) is 0. The van der Waals surface area contributed by atoms with Crippen LogP contribution < -0.4 is 21.3 Å². The molecule has 170 valence electrons. The van der Waals surface area contributed by atoms with Crippen LogP contribution in [0, 0.1) is 58.2 Å². The minimum absolute atomic E-state index is 0.0698. The number of rotatable bonds is 4. The molecule has 12 heteroatoms. The summed E-state index contributed by atoms with van der Waals surface area (Å²) in [4.78, 5) is 0.380. The van der Waals surface area contributed by atoms with Crippen molar-refractivity contribution in [3.63, 3.8) is 0 Å². The van der Waals surface area contributed by atoms with Crippen molar-refractivity contribution in [1.82, 2.24) is 0 Å². The van der Waals surface area contributed by atoms with E-state index in [2.05, 4.69) is 0 Å². The molecule has 3 aromatic carbocycles. The summed E-state index contributed by atoms with van der Waals surface area (Å²) >= 11 is 0. The molecule has 0 amide bonds. The van der Waals surface area contributed by atoms with Crippen LogP contribution in [0.3, 0.4) is 0 Å². The molecule has 0 saturated carbocycles. The van der Waals surface area contributed by atoms with Crippen molar-refractivity contribution in [2.24, 2.45) is 0 Å². The molecule has 0 atom stereocenters. The summed E-state index contributed by atoms with van der Waals surface area (Å²) in [6.07, 6.45) is 0. The minimum atomic E-state index is -3.75. The Morgan fingerprint density at radius 2 is 0.812 bits per heavy atom. The third-order valence-corrected chi connectivity index (χ3v) is 5.25. The van der Waals surface area contributed by atoms with Crippen LogP contribution in [0.4, 0.5) is 49.6 Å². The van der Waals surface area contributed by atoms with E-state index in [1.165, 1.54) is 32.3 Å². The molecule has 3 aromatic rings. The van der Waals surface area contributed by atoms with Gasteiger partial charge in [0, 0.05) is 0 Å². The van der Waals surface area contributed by atoms with Gasteiger partial charge in [-0.3, -0.25) is 0 Å². The minimum Gasteiger partial charge on any atom is -0.310 e. The van der Waals surface area contributed by atoms with Crippen LogP contribution in [-0.2, 0) is 0 Å². The highest BCUT2D eigenvalue weighted by Gasteiger charge is 2.34. The Bertz CT molecular complexity index is 1100. The Morgan fingerprint density at radius 1 is 0.500 bits per heavy atom. The molecule has 1 N–H and O–H groups in total. The standard InChI is InChI=1S/C20H11BF10N/c1-32(2)8-6-4-3-5-7(8)21(9-11(22)15(26)19(30)16(27)12(9)23)10-13(24)17(28)20(31)18(29)14(10)25/h3-6,21H,1-2H3/q-1/p+1. The van der Waals surface area contributed by atoms with Crippen molar-refractivity contribution in [3.8, 4) is 0 Å². The number of quaternary nitrogens is 1. The Kier molecular flexibility index (Phi) is 6.27. The van der Waals surface area contributed by atoms with Gasteiger partial charge in [-0.1, -0.05) is 18.2 Å². The Morgan fingerprint density at radius 3 is 1.16 bits per heavy atom. The smallest absolute Gasteiger partial charge is 0.200 e. The normalized spacial score (nSPS) is 11.7. The van der Waals surface area contributed by atoms with Crippen LogP contribution in [0.5, 0.6) is 0 Å². The van der Waals surface area contributed by atoms with Crippen LogP contribution in [0.15, 0.2) is 24.3 Å². The molecule has 0 aliphatic carbocycles. The second-order valence-corrected chi connectivity index (χ2v) is 7.28. The van der Waals surface area contributed by atoms with E-state index < -0.39 is 75.8 Å². The van der Waals surface area contributed by atoms with Crippen LogP contribution in [-0.4, -0.2) is 20.8 Å². The molecule has 32 heavy (non-hydrogen) atoms. The van der Waals surface area contributed by atoms with Crippen LogP contribution in [0.2, 0.25) is 0 Å². The van der Waals surface area contributed by atoms with E-state index >= 15 is 0 Å². The fourth-order valence-corrected chi connectivity index (χ4v) is 3.80. The predicted octanol–water partition coefficient (Wildman–Crippen LogP) is 2.10. The van der Waals surface area contributed by atoms with E-state index in [-0.39, 0.29) is 11.2 Å². The molecule has 0 spiro atoms. The highest BCUT2D eigenvalue weighted by atomic mass is 19.2. The first-order valence-corrected chi connectivity index (χ1v) is 9.03. The Balaban J connectivity index is 2.58. The van der Waals surface area contributed by atoms with Gasteiger partial charge in [-0.05, 0) is 6.07 Å². The van der Waals surface area contributed by atoms with E-state index in [0.717, 1.165) is 6.07 Å². The molecular formula is C20H12BF10N. The van der Waals surface area contributed by atoms with Gasteiger partial charge >= 0.3 is 0 Å². The average molecular weight is 467 g/mol.